The smallest absolute Gasteiger partial charge is 0.337 e. The lowest BCUT2D eigenvalue weighted by molar-refractivity contribution is -0.139. The number of hydrogen-bond acceptors (Lipinski definition) is 5. The molecule has 1 fully saturated rings. The minimum Gasteiger partial charge on any atom is -0.465 e. The second-order valence-corrected chi connectivity index (χ2v) is 8.01. The van der Waals surface area contributed by atoms with Crippen LogP contribution in [-0.4, -0.2) is 64.3 Å². The molecule has 3 heterocycles. The van der Waals surface area contributed by atoms with Gasteiger partial charge in [-0.1, -0.05) is 13.8 Å². The SMILES string of the molecule is CCC1(CC)NC(=O)N(CC(=O)N2CCc3[nH]c4ccc(C(=O)OC)cc4c3C2)C1=O. The number of methoxy groups -OCH3 is 1. The number of benzene rings is 1. The Morgan fingerprint density at radius 1 is 1.19 bits per heavy atom. The van der Waals surface area contributed by atoms with Gasteiger partial charge in [-0.15, -0.1) is 0 Å². The van der Waals surface area contributed by atoms with Crippen LogP contribution in [0.5, 0.6) is 0 Å². The van der Waals surface area contributed by atoms with Gasteiger partial charge < -0.3 is 19.9 Å². The van der Waals surface area contributed by atoms with Crippen LogP contribution in [0.1, 0.15) is 48.3 Å². The number of esters is 1. The van der Waals surface area contributed by atoms with E-state index < -0.39 is 17.5 Å². The first-order valence-electron chi connectivity index (χ1n) is 10.5. The van der Waals surface area contributed by atoms with E-state index in [-0.39, 0.29) is 18.4 Å². The zero-order chi connectivity index (χ0) is 22.3. The highest BCUT2D eigenvalue weighted by Crippen LogP contribution is 2.30. The number of amides is 4. The van der Waals surface area contributed by atoms with Crippen molar-refractivity contribution in [3.8, 4) is 0 Å². The average molecular weight is 426 g/mol. The Hall–Kier alpha value is -3.36. The van der Waals surface area contributed by atoms with Crippen molar-refractivity contribution < 1.29 is 23.9 Å². The summed E-state index contributed by atoms with van der Waals surface area (Å²) in [6, 6.07) is 4.77. The molecule has 31 heavy (non-hydrogen) atoms. The van der Waals surface area contributed by atoms with Crippen molar-refractivity contribution >= 4 is 34.7 Å². The predicted molar refractivity (Wildman–Crippen MR) is 112 cm³/mol. The minimum atomic E-state index is -0.923. The van der Waals surface area contributed by atoms with E-state index in [2.05, 4.69) is 10.3 Å². The van der Waals surface area contributed by atoms with Crippen molar-refractivity contribution in [3.05, 3.63) is 35.0 Å². The van der Waals surface area contributed by atoms with Gasteiger partial charge >= 0.3 is 12.0 Å². The number of nitrogens with zero attached hydrogens (tertiary/aromatic N) is 2. The normalized spacial score (nSPS) is 17.6. The van der Waals surface area contributed by atoms with Crippen LogP contribution in [0.4, 0.5) is 4.79 Å². The number of imide groups is 1. The van der Waals surface area contributed by atoms with Gasteiger partial charge in [0.05, 0.1) is 12.7 Å². The molecule has 4 rings (SSSR count). The number of aromatic amines is 1. The molecule has 0 bridgehead atoms. The molecule has 0 aliphatic carbocycles. The van der Waals surface area contributed by atoms with Gasteiger partial charge in [0, 0.05) is 41.7 Å². The summed E-state index contributed by atoms with van der Waals surface area (Å²) in [5.41, 5.74) is 2.36. The molecular formula is C22H26N4O5. The molecule has 9 heteroatoms. The first kappa shape index (κ1) is 20.9. The topological polar surface area (TPSA) is 112 Å². The van der Waals surface area contributed by atoms with E-state index >= 15 is 0 Å². The van der Waals surface area contributed by atoms with Crippen LogP contribution in [0.15, 0.2) is 18.2 Å². The van der Waals surface area contributed by atoms with Crippen LogP contribution in [0.2, 0.25) is 0 Å². The Balaban J connectivity index is 1.54. The summed E-state index contributed by atoms with van der Waals surface area (Å²) < 4.78 is 4.81. The maximum absolute atomic E-state index is 13.0. The summed E-state index contributed by atoms with van der Waals surface area (Å²) in [7, 11) is 1.33. The Morgan fingerprint density at radius 2 is 1.94 bits per heavy atom. The number of hydrogen-bond donors (Lipinski definition) is 2. The summed E-state index contributed by atoms with van der Waals surface area (Å²) >= 11 is 0. The molecule has 0 radical (unpaired) electrons. The number of rotatable bonds is 5. The number of fused-ring (bicyclic) bond motifs is 3. The van der Waals surface area contributed by atoms with Gasteiger partial charge in [0.25, 0.3) is 5.91 Å². The molecule has 2 aliphatic rings. The standard InChI is InChI=1S/C22H26N4O5/c1-4-22(5-2)20(29)26(21(30)24-22)12-18(27)25-9-8-17-15(11-25)14-10-13(19(28)31-3)6-7-16(14)23-17/h6-7,10,23H,4-5,8-9,11-12H2,1-3H3,(H,24,30). The van der Waals surface area contributed by atoms with Crippen molar-refractivity contribution in [2.24, 2.45) is 0 Å². The molecule has 1 aromatic carbocycles. The first-order chi connectivity index (χ1) is 14.8. The summed E-state index contributed by atoms with van der Waals surface area (Å²) in [5, 5.41) is 3.61. The van der Waals surface area contributed by atoms with Crippen molar-refractivity contribution in [3.63, 3.8) is 0 Å². The average Bonchev–Trinajstić information content (AvgIpc) is 3.27. The number of H-pyrrole nitrogens is 1. The lowest BCUT2D eigenvalue weighted by Crippen LogP contribution is -2.47. The van der Waals surface area contributed by atoms with Gasteiger partial charge in [-0.3, -0.25) is 14.5 Å². The van der Waals surface area contributed by atoms with E-state index in [1.54, 1.807) is 17.0 Å². The third-order valence-electron chi connectivity index (χ3n) is 6.50. The van der Waals surface area contributed by atoms with Crippen molar-refractivity contribution in [1.29, 1.82) is 0 Å². The number of carbonyl (C=O) groups excluding carboxylic acids is 4. The lowest BCUT2D eigenvalue weighted by atomic mass is 9.93. The molecule has 1 aromatic heterocycles. The van der Waals surface area contributed by atoms with Crippen LogP contribution >= 0.6 is 0 Å². The maximum atomic E-state index is 13.0. The van der Waals surface area contributed by atoms with Gasteiger partial charge in [0.15, 0.2) is 0 Å². The Morgan fingerprint density at radius 3 is 2.58 bits per heavy atom. The van der Waals surface area contributed by atoms with E-state index in [0.717, 1.165) is 27.1 Å². The zero-order valence-electron chi connectivity index (χ0n) is 17.9. The van der Waals surface area contributed by atoms with E-state index in [4.69, 9.17) is 4.74 Å². The maximum Gasteiger partial charge on any atom is 0.337 e. The molecule has 1 saturated heterocycles. The zero-order valence-corrected chi connectivity index (χ0v) is 17.9. The highest BCUT2D eigenvalue weighted by atomic mass is 16.5. The fourth-order valence-corrected chi connectivity index (χ4v) is 4.46. The summed E-state index contributed by atoms with van der Waals surface area (Å²) in [4.78, 5) is 56.1. The molecule has 0 saturated carbocycles. The van der Waals surface area contributed by atoms with Gasteiger partial charge in [-0.05, 0) is 31.0 Å². The summed E-state index contributed by atoms with van der Waals surface area (Å²) in [6.45, 7) is 4.24. The van der Waals surface area contributed by atoms with Crippen molar-refractivity contribution in [2.45, 2.75) is 45.2 Å². The molecular weight excluding hydrogens is 400 g/mol. The largest absolute Gasteiger partial charge is 0.465 e. The second kappa shape index (κ2) is 7.72. The minimum absolute atomic E-state index is 0.280. The van der Waals surface area contributed by atoms with Gasteiger partial charge in [0.2, 0.25) is 5.91 Å². The third-order valence-corrected chi connectivity index (χ3v) is 6.50. The monoisotopic (exact) mass is 426 g/mol. The van der Waals surface area contributed by atoms with Crippen LogP contribution in [-0.2, 0) is 27.3 Å². The number of urea groups is 1. The second-order valence-electron chi connectivity index (χ2n) is 8.01. The number of carbonyl (C=O) groups is 4. The third kappa shape index (κ3) is 3.34. The first-order valence-corrected chi connectivity index (χ1v) is 10.5. The Kier molecular flexibility index (Phi) is 5.20. The van der Waals surface area contributed by atoms with Crippen LogP contribution < -0.4 is 5.32 Å². The molecule has 2 N–H and O–H groups in total. The molecule has 9 nitrogen and oxygen atoms in total. The molecule has 164 valence electrons. The molecule has 0 spiro atoms. The number of aromatic nitrogens is 1. The predicted octanol–water partition coefficient (Wildman–Crippen LogP) is 1.95. The van der Waals surface area contributed by atoms with Gasteiger partial charge in [0.1, 0.15) is 12.1 Å². The van der Waals surface area contributed by atoms with E-state index in [9.17, 15) is 19.2 Å². The quantitative estimate of drug-likeness (QED) is 0.561. The molecule has 0 unspecified atom stereocenters. The fraction of sp³-hybridized carbons (Fsp3) is 0.455. The molecule has 2 aliphatic heterocycles. The number of ether oxygens (including phenoxy) is 1. The van der Waals surface area contributed by atoms with Gasteiger partial charge in [-0.2, -0.15) is 0 Å². The molecule has 0 atom stereocenters. The highest BCUT2D eigenvalue weighted by molar-refractivity contribution is 6.09. The van der Waals surface area contributed by atoms with Gasteiger partial charge in [-0.25, -0.2) is 9.59 Å². The lowest BCUT2D eigenvalue weighted by Gasteiger charge is -2.29. The molecule has 2 aromatic rings. The van der Waals surface area contributed by atoms with E-state index in [0.29, 0.717) is 37.9 Å². The van der Waals surface area contributed by atoms with Crippen molar-refractivity contribution in [1.82, 2.24) is 20.1 Å². The number of nitrogens with one attached hydrogen (secondary N) is 2. The Bertz CT molecular complexity index is 1090. The van der Waals surface area contributed by atoms with E-state index in [1.165, 1.54) is 7.11 Å². The van der Waals surface area contributed by atoms with Crippen LogP contribution in [0.25, 0.3) is 10.9 Å². The fourth-order valence-electron chi connectivity index (χ4n) is 4.46. The van der Waals surface area contributed by atoms with Crippen LogP contribution in [0, 0.1) is 0 Å². The molecule has 4 amide bonds. The summed E-state index contributed by atoms with van der Waals surface area (Å²) in [6.07, 6.45) is 1.57. The Labute approximate surface area is 179 Å². The van der Waals surface area contributed by atoms with E-state index in [1.807, 2.05) is 19.9 Å². The summed E-state index contributed by atoms with van der Waals surface area (Å²) in [5.74, 6) is -1.05. The van der Waals surface area contributed by atoms with Crippen molar-refractivity contribution in [2.75, 3.05) is 20.2 Å². The van der Waals surface area contributed by atoms with Crippen LogP contribution in [0.3, 0.4) is 0 Å². The highest BCUT2D eigenvalue weighted by Gasteiger charge is 2.49.